The van der Waals surface area contributed by atoms with Gasteiger partial charge in [0.1, 0.15) is 0 Å². The first kappa shape index (κ1) is 58.6. The Kier molecular flexibility index (Phi) is 14.0. The summed E-state index contributed by atoms with van der Waals surface area (Å²) in [6.45, 7) is 0. The maximum absolute atomic E-state index is 2.59. The Labute approximate surface area is 593 Å². The fraction of sp³-hybridized carbons (Fsp3) is 0. The Bertz CT molecular complexity index is 6310. The monoisotopic (exact) mass is 1320 g/mol. The molecule has 20 rings (SSSR count). The van der Waals surface area contributed by atoms with Crippen LogP contribution in [-0.2, 0) is 0 Å². The average Bonchev–Trinajstić information content (AvgIpc) is 1.69. The fourth-order valence-corrected chi connectivity index (χ4v) is 18.7. The summed E-state index contributed by atoms with van der Waals surface area (Å²) in [4.78, 5) is 0. The lowest BCUT2D eigenvalue weighted by Crippen LogP contribution is -1.97. The molecular weight excluding hydrogens is 1260 g/mol. The van der Waals surface area contributed by atoms with Crippen LogP contribution in [0, 0.1) is 0 Å². The first-order valence-corrected chi connectivity index (χ1v) is 36.3. The van der Waals surface area contributed by atoms with Crippen LogP contribution >= 0.6 is 22.7 Å². The highest BCUT2D eigenvalue weighted by molar-refractivity contribution is 7.27. The molecule has 0 amide bonds. The summed E-state index contributed by atoms with van der Waals surface area (Å²) in [6.07, 6.45) is 0. The van der Waals surface area contributed by atoms with Gasteiger partial charge in [-0.15, -0.1) is 22.7 Å². The quantitative estimate of drug-likeness (QED) is 0.114. The molecule has 101 heavy (non-hydrogen) atoms. The number of fused-ring (bicyclic) bond motifs is 11. The Morgan fingerprint density at radius 2 is 0.426 bits per heavy atom. The Hall–Kier alpha value is -12.5. The van der Waals surface area contributed by atoms with Crippen molar-refractivity contribution in [2.24, 2.45) is 0 Å². The van der Waals surface area contributed by atoms with E-state index in [4.69, 9.17) is 0 Å². The van der Waals surface area contributed by atoms with Crippen molar-refractivity contribution in [1.82, 2.24) is 4.57 Å². The van der Waals surface area contributed by atoms with Crippen LogP contribution in [0.25, 0.3) is 201 Å². The third-order valence-corrected chi connectivity index (χ3v) is 23.3. The van der Waals surface area contributed by atoms with E-state index in [0.717, 1.165) is 27.8 Å². The highest BCUT2D eigenvalue weighted by atomic mass is 32.1. The van der Waals surface area contributed by atoms with Gasteiger partial charge in [0, 0.05) is 79.1 Å². The van der Waals surface area contributed by atoms with Gasteiger partial charge in [0.2, 0.25) is 0 Å². The normalized spacial score (nSPS) is 11.8. The van der Waals surface area contributed by atoms with Crippen LogP contribution in [0.4, 0.5) is 0 Å². The van der Waals surface area contributed by atoms with Gasteiger partial charge >= 0.3 is 0 Å². The van der Waals surface area contributed by atoms with E-state index in [9.17, 15) is 0 Å². The minimum atomic E-state index is 1.09. The Morgan fingerprint density at radius 1 is 0.158 bits per heavy atom. The summed E-state index contributed by atoms with van der Waals surface area (Å²) < 4.78 is 7.69. The fourth-order valence-electron chi connectivity index (χ4n) is 16.0. The Morgan fingerprint density at radius 3 is 0.762 bits per heavy atom. The van der Waals surface area contributed by atoms with E-state index in [1.165, 1.54) is 173 Å². The second-order valence-electron chi connectivity index (χ2n) is 26.6. The largest absolute Gasteiger partial charge is 0.309 e. The number of aromatic nitrogens is 1. The molecule has 0 bridgehead atoms. The van der Waals surface area contributed by atoms with Gasteiger partial charge in [0.15, 0.2) is 0 Å². The third-order valence-electron chi connectivity index (χ3n) is 20.7. The molecule has 0 aliphatic carbocycles. The minimum Gasteiger partial charge on any atom is -0.309 e. The summed E-state index contributed by atoms with van der Waals surface area (Å²) in [6, 6.07) is 138. The number of benzene rings is 17. The molecule has 0 atom stereocenters. The zero-order valence-corrected chi connectivity index (χ0v) is 56.6. The van der Waals surface area contributed by atoms with E-state index in [1.54, 1.807) is 0 Å². The van der Waals surface area contributed by atoms with E-state index >= 15 is 0 Å². The van der Waals surface area contributed by atoms with Crippen molar-refractivity contribution in [2.75, 3.05) is 0 Å². The molecule has 0 aliphatic heterocycles. The smallest absolute Gasteiger partial charge is 0.0547 e. The molecule has 0 fully saturated rings. The van der Waals surface area contributed by atoms with Crippen LogP contribution < -0.4 is 0 Å². The lowest BCUT2D eigenvalue weighted by Gasteiger charge is -2.19. The van der Waals surface area contributed by atoms with Gasteiger partial charge < -0.3 is 4.57 Å². The van der Waals surface area contributed by atoms with E-state index < -0.39 is 0 Å². The van der Waals surface area contributed by atoms with E-state index in [0.29, 0.717) is 0 Å². The standard InChI is InChI=1S/C98H61NS2/c1-9-27-62(28-10-1)72-51-82(66-35-17-5-18-36-66)95-87(55-72)89-57-74(64-31-13-3-14-32-64)53-84(97(89)100-95)70-45-48-77-78-49-46-71(85-54-75(65-33-15-4-16-34-65)58-90-88-56-73(63-29-11-2-12-30-63)52-83(96(88)101-98(85)90)67-37-19-6-20-38-67)60-92(78)99(91(77)59-70)76-47-50-81-86(61-76)94(69-41-23-8-24-42-69)80-44-26-25-43-79(80)93(81)68-39-21-7-22-40-68/h1-61H. The molecule has 1 nitrogen and oxygen atoms in total. The molecule has 0 radical (unpaired) electrons. The summed E-state index contributed by atoms with van der Waals surface area (Å²) in [5, 5.41) is 12.3. The van der Waals surface area contributed by atoms with Gasteiger partial charge in [-0.3, -0.25) is 0 Å². The molecule has 0 aliphatic rings. The molecule has 17 aromatic carbocycles. The predicted octanol–water partition coefficient (Wildman–Crippen LogP) is 28.5. The van der Waals surface area contributed by atoms with Crippen LogP contribution in [0.1, 0.15) is 0 Å². The van der Waals surface area contributed by atoms with Crippen molar-refractivity contribution < 1.29 is 0 Å². The van der Waals surface area contributed by atoms with Crippen LogP contribution in [0.5, 0.6) is 0 Å². The molecule has 0 saturated heterocycles. The first-order chi connectivity index (χ1) is 50.1. The summed E-state index contributed by atoms with van der Waals surface area (Å²) in [7, 11) is 0. The van der Waals surface area contributed by atoms with Gasteiger partial charge in [0.05, 0.1) is 11.0 Å². The molecule has 20 aromatic rings. The molecule has 3 heteroatoms. The van der Waals surface area contributed by atoms with Gasteiger partial charge in [-0.2, -0.15) is 0 Å². The Balaban J connectivity index is 0.888. The summed E-state index contributed by atoms with van der Waals surface area (Å²) in [5.74, 6) is 0. The van der Waals surface area contributed by atoms with Gasteiger partial charge in [-0.1, -0.05) is 297 Å². The molecule has 3 aromatic heterocycles. The second-order valence-corrected chi connectivity index (χ2v) is 28.6. The van der Waals surface area contributed by atoms with E-state index in [-0.39, 0.29) is 0 Å². The van der Waals surface area contributed by atoms with Crippen molar-refractivity contribution in [3.05, 3.63) is 370 Å². The van der Waals surface area contributed by atoms with Crippen molar-refractivity contribution in [3.63, 3.8) is 0 Å². The number of hydrogen-bond acceptors (Lipinski definition) is 2. The highest BCUT2D eigenvalue weighted by Gasteiger charge is 2.25. The maximum Gasteiger partial charge on any atom is 0.0547 e. The van der Waals surface area contributed by atoms with Crippen molar-refractivity contribution in [1.29, 1.82) is 0 Å². The third kappa shape index (κ3) is 9.95. The molecular formula is C98H61NS2. The topological polar surface area (TPSA) is 4.93 Å². The first-order valence-electron chi connectivity index (χ1n) is 34.7. The predicted molar refractivity (Wildman–Crippen MR) is 436 cm³/mol. The van der Waals surface area contributed by atoms with Crippen LogP contribution in [0.3, 0.4) is 0 Å². The number of hydrogen-bond donors (Lipinski definition) is 0. The lowest BCUT2D eigenvalue weighted by molar-refractivity contribution is 1.19. The average molecular weight is 1320 g/mol. The molecule has 0 unspecified atom stereocenters. The molecule has 0 saturated carbocycles. The number of nitrogens with zero attached hydrogens (tertiary/aromatic N) is 1. The molecule has 470 valence electrons. The van der Waals surface area contributed by atoms with Crippen molar-refractivity contribution in [3.8, 4) is 117 Å². The van der Waals surface area contributed by atoms with Crippen molar-refractivity contribution >= 4 is 106 Å². The number of thiophene rings is 2. The minimum absolute atomic E-state index is 1.09. The molecule has 0 spiro atoms. The van der Waals surface area contributed by atoms with Crippen molar-refractivity contribution in [2.45, 2.75) is 0 Å². The van der Waals surface area contributed by atoms with Crippen LogP contribution in [0.15, 0.2) is 370 Å². The number of rotatable bonds is 11. The van der Waals surface area contributed by atoms with Gasteiger partial charge in [0.25, 0.3) is 0 Å². The second kappa shape index (κ2) is 24.2. The van der Waals surface area contributed by atoms with Crippen LogP contribution in [-0.4, -0.2) is 4.57 Å². The SMILES string of the molecule is c1ccc(-c2cc(-c3ccccc3)c3sc4c(-c5ccc6c7ccc(-c8cc(-c9ccccc9)cc9c8sc8c(-c%10ccccc%10)cc(-c%10ccccc%10)cc89)cc7n(-c7ccc8c(-c9ccccc9)c9ccccc9c(-c9ccccc9)c8c7)c6c5)cc(-c5ccccc5)cc4c3c2)cc1. The summed E-state index contributed by atoms with van der Waals surface area (Å²) in [5.41, 5.74) is 27.4. The van der Waals surface area contributed by atoms with Gasteiger partial charge in [-0.05, 0) is 183 Å². The van der Waals surface area contributed by atoms with Gasteiger partial charge in [-0.25, -0.2) is 0 Å². The highest BCUT2D eigenvalue weighted by Crippen LogP contribution is 2.52. The zero-order valence-electron chi connectivity index (χ0n) is 55.0. The molecule has 3 heterocycles. The summed E-state index contributed by atoms with van der Waals surface area (Å²) >= 11 is 3.84. The maximum atomic E-state index is 2.59. The van der Waals surface area contributed by atoms with E-state index in [1.807, 2.05) is 22.7 Å². The lowest BCUT2D eigenvalue weighted by atomic mass is 9.86. The van der Waals surface area contributed by atoms with E-state index in [2.05, 4.69) is 375 Å². The zero-order chi connectivity index (χ0) is 66.5. The molecule has 0 N–H and O–H groups in total. The van der Waals surface area contributed by atoms with Crippen LogP contribution in [0.2, 0.25) is 0 Å².